The van der Waals surface area contributed by atoms with E-state index < -0.39 is 174 Å². The van der Waals surface area contributed by atoms with Gasteiger partial charge in [-0.05, 0) is 12.1 Å². The number of halogens is 20. The standard InChI is InChI=1S/C36H8F20N3O6P3/c37-13-17(41)25(49)33(26(50)18(13)42)62-67(63-34-27(51)19(43)14(38)20(44)28(34)52)57-66(60-11-7-3-1-5-9(11)10-6-2-4-8-12(10)61-66)58-68(59-67,64-35-29(53)21(45)15(39)22(46)30(35)54)65-36-31(55)23(47)16(40)24(48)32(36)56/h1-8H. The topological polar surface area (TPSA) is 92.5 Å². The molecule has 0 bridgehead atoms. The van der Waals surface area contributed by atoms with E-state index in [4.69, 9.17) is 27.1 Å². The molecule has 0 radical (unpaired) electrons. The second-order valence-corrected chi connectivity index (χ2v) is 19.1. The number of rotatable bonds is 8. The Labute approximate surface area is 361 Å². The van der Waals surface area contributed by atoms with Crippen LogP contribution in [0.2, 0.25) is 0 Å². The summed E-state index contributed by atoms with van der Waals surface area (Å²) in [5.74, 6) is -74.6. The number of hydrogen-bond donors (Lipinski definition) is 0. The molecular weight excluding hydrogens is 1040 g/mol. The number of fused-ring (bicyclic) bond motifs is 3. The highest BCUT2D eigenvalue weighted by molar-refractivity contribution is 7.79. The first-order chi connectivity index (χ1) is 31.9. The van der Waals surface area contributed by atoms with Crippen molar-refractivity contribution in [2.45, 2.75) is 0 Å². The summed E-state index contributed by atoms with van der Waals surface area (Å²) >= 11 is 0. The van der Waals surface area contributed by atoms with Crippen molar-refractivity contribution in [3.63, 3.8) is 0 Å². The van der Waals surface area contributed by atoms with Gasteiger partial charge in [-0.2, -0.15) is 35.1 Å². The minimum Gasteiger partial charge on any atom is -0.413 e. The maximum atomic E-state index is 15.6. The van der Waals surface area contributed by atoms with Gasteiger partial charge in [-0.3, -0.25) is 0 Å². The van der Waals surface area contributed by atoms with E-state index in [-0.39, 0.29) is 11.1 Å². The Hall–Kier alpha value is -6.59. The lowest BCUT2D eigenvalue weighted by Gasteiger charge is -2.33. The second kappa shape index (κ2) is 16.9. The van der Waals surface area contributed by atoms with Crippen LogP contribution in [0.5, 0.6) is 34.5 Å². The van der Waals surface area contributed by atoms with Gasteiger partial charge < -0.3 is 27.1 Å². The Morgan fingerprint density at radius 2 is 0.500 bits per heavy atom. The molecule has 0 saturated carbocycles. The van der Waals surface area contributed by atoms with Crippen LogP contribution in [-0.2, 0) is 0 Å². The second-order valence-electron chi connectivity index (χ2n) is 12.9. The fraction of sp³-hybridized carbons (Fsp3) is 0. The predicted molar refractivity (Wildman–Crippen MR) is 189 cm³/mol. The first-order valence-corrected chi connectivity index (χ1v) is 21.8. The molecule has 2 aliphatic rings. The van der Waals surface area contributed by atoms with Gasteiger partial charge in [-0.25, -0.2) is 52.7 Å². The zero-order valence-electron chi connectivity index (χ0n) is 31.3. The lowest BCUT2D eigenvalue weighted by molar-refractivity contribution is 0.323. The molecule has 0 unspecified atom stereocenters. The molecule has 0 aromatic heterocycles. The highest BCUT2D eigenvalue weighted by atomic mass is 31.3. The van der Waals surface area contributed by atoms with Crippen molar-refractivity contribution in [1.29, 1.82) is 0 Å². The van der Waals surface area contributed by atoms with Crippen LogP contribution in [0.15, 0.2) is 62.1 Å². The van der Waals surface area contributed by atoms with Crippen molar-refractivity contribution < 1.29 is 115 Å². The molecule has 1 spiro atoms. The lowest BCUT2D eigenvalue weighted by Crippen LogP contribution is -2.16. The van der Waals surface area contributed by atoms with Crippen molar-refractivity contribution in [1.82, 2.24) is 0 Å². The van der Waals surface area contributed by atoms with Crippen molar-refractivity contribution >= 4 is 23.0 Å². The van der Waals surface area contributed by atoms with E-state index in [1.807, 2.05) is 0 Å². The van der Waals surface area contributed by atoms with Crippen LogP contribution in [0.4, 0.5) is 87.8 Å². The predicted octanol–water partition coefficient (Wildman–Crippen LogP) is 15.1. The molecular formula is C36H8F20N3O6P3. The monoisotopic (exact) mass is 1050 g/mol. The third-order valence-electron chi connectivity index (χ3n) is 8.70. The van der Waals surface area contributed by atoms with Crippen molar-refractivity contribution in [2.75, 3.05) is 0 Å². The van der Waals surface area contributed by atoms with Crippen LogP contribution in [0.25, 0.3) is 11.1 Å². The molecule has 2 heterocycles. The molecule has 0 aliphatic carbocycles. The molecule has 0 fully saturated rings. The maximum absolute atomic E-state index is 15.6. The fourth-order valence-corrected chi connectivity index (χ4v) is 14.8. The number of para-hydroxylation sites is 2. The Balaban J connectivity index is 1.63. The highest BCUT2D eigenvalue weighted by Gasteiger charge is 2.53. The molecule has 0 amide bonds. The summed E-state index contributed by atoms with van der Waals surface area (Å²) in [5.41, 5.74) is -0.410. The van der Waals surface area contributed by atoms with E-state index in [1.165, 1.54) is 12.1 Å². The number of hydrogen-bond acceptors (Lipinski definition) is 9. The van der Waals surface area contributed by atoms with Gasteiger partial charge in [-0.15, -0.1) is 0 Å². The molecule has 68 heavy (non-hydrogen) atoms. The smallest absolute Gasteiger partial charge is 0.413 e. The van der Waals surface area contributed by atoms with Gasteiger partial charge >= 0.3 is 23.0 Å². The molecule has 9 nitrogen and oxygen atoms in total. The summed E-state index contributed by atoms with van der Waals surface area (Å²) < 4.78 is 342. The zero-order chi connectivity index (χ0) is 49.7. The first-order valence-electron chi connectivity index (χ1n) is 17.2. The van der Waals surface area contributed by atoms with E-state index in [0.29, 0.717) is 0 Å². The molecule has 6 aromatic rings. The summed E-state index contributed by atoms with van der Waals surface area (Å²) in [4.78, 5) is 0. The Morgan fingerprint density at radius 1 is 0.279 bits per heavy atom. The fourth-order valence-electron chi connectivity index (χ4n) is 5.69. The maximum Gasteiger partial charge on any atom is 0.461 e. The van der Waals surface area contributed by atoms with Gasteiger partial charge in [0.2, 0.25) is 139 Å². The summed E-state index contributed by atoms with van der Waals surface area (Å²) in [6, 6.07) is 8.77. The van der Waals surface area contributed by atoms with E-state index >= 15 is 35.1 Å². The molecule has 0 atom stereocenters. The average molecular weight is 1050 g/mol. The molecule has 358 valence electrons. The SMILES string of the molecule is Fc1c(F)c(F)c(OP2(Oc3c(F)c(F)c(F)c(F)c3F)=NP3(=NP(Oc4c(F)c(F)c(F)c(F)c4F)(Oc4c(F)c(F)c(F)c(F)c4F)=N2)Oc2ccccc2-c2ccccc2O3)c(F)c1F. The average Bonchev–Trinajstić information content (AvgIpc) is 3.45. The summed E-state index contributed by atoms with van der Waals surface area (Å²) in [6.45, 7) is 0. The Morgan fingerprint density at radius 3 is 0.765 bits per heavy atom. The van der Waals surface area contributed by atoms with Crippen LogP contribution in [0, 0.1) is 116 Å². The van der Waals surface area contributed by atoms with Gasteiger partial charge in [0.05, 0.1) is 0 Å². The summed E-state index contributed by atoms with van der Waals surface area (Å²) in [6.07, 6.45) is 0. The largest absolute Gasteiger partial charge is 0.461 e. The lowest BCUT2D eigenvalue weighted by atomic mass is 10.0. The summed E-state index contributed by atoms with van der Waals surface area (Å²) in [5, 5.41) is 0. The van der Waals surface area contributed by atoms with Crippen molar-refractivity contribution in [3.8, 4) is 45.6 Å². The van der Waals surface area contributed by atoms with E-state index in [0.717, 1.165) is 36.4 Å². The van der Waals surface area contributed by atoms with Crippen molar-refractivity contribution in [3.05, 3.63) is 165 Å². The third kappa shape index (κ3) is 7.59. The minimum absolute atomic E-state index is 0.205. The Kier molecular flexibility index (Phi) is 11.9. The van der Waals surface area contributed by atoms with Gasteiger partial charge in [0.1, 0.15) is 11.5 Å². The molecule has 0 saturated heterocycles. The van der Waals surface area contributed by atoms with Crippen LogP contribution in [0.1, 0.15) is 0 Å². The minimum atomic E-state index is -7.08. The number of nitrogens with zero attached hydrogens (tertiary/aromatic N) is 3. The van der Waals surface area contributed by atoms with Gasteiger partial charge in [0, 0.05) is 11.1 Å². The molecule has 6 aromatic carbocycles. The van der Waals surface area contributed by atoms with Crippen LogP contribution >= 0.6 is 23.0 Å². The van der Waals surface area contributed by atoms with E-state index in [2.05, 4.69) is 13.5 Å². The Bertz CT molecular complexity index is 2930. The molecule has 8 rings (SSSR count). The van der Waals surface area contributed by atoms with E-state index in [1.54, 1.807) is 0 Å². The molecule has 32 heteroatoms. The highest BCUT2D eigenvalue weighted by Crippen LogP contribution is 2.80. The third-order valence-corrected chi connectivity index (χ3v) is 16.7. The van der Waals surface area contributed by atoms with Crippen LogP contribution in [0.3, 0.4) is 0 Å². The number of benzene rings is 6. The van der Waals surface area contributed by atoms with Crippen LogP contribution in [-0.4, -0.2) is 0 Å². The summed E-state index contributed by atoms with van der Waals surface area (Å²) in [7, 11) is -20.3. The normalized spacial score (nSPS) is 15.1. The van der Waals surface area contributed by atoms with Crippen LogP contribution < -0.4 is 27.1 Å². The van der Waals surface area contributed by atoms with E-state index in [9.17, 15) is 52.7 Å². The first kappa shape index (κ1) is 47.9. The zero-order valence-corrected chi connectivity index (χ0v) is 34.0. The van der Waals surface area contributed by atoms with Crippen molar-refractivity contribution in [2.24, 2.45) is 13.5 Å². The molecule has 0 N–H and O–H groups in total. The molecule has 2 aliphatic heterocycles. The van der Waals surface area contributed by atoms with Gasteiger partial charge in [0.15, 0.2) is 0 Å². The quantitative estimate of drug-likeness (QED) is 0.0653. The van der Waals surface area contributed by atoms with Gasteiger partial charge in [0.25, 0.3) is 0 Å². The van der Waals surface area contributed by atoms with Gasteiger partial charge in [-0.1, -0.05) is 49.9 Å².